The first-order valence-electron chi connectivity index (χ1n) is 7.57. The molecule has 0 spiro atoms. The van der Waals surface area contributed by atoms with E-state index in [1.165, 1.54) is 12.8 Å². The number of para-hydroxylation sites is 2. The maximum absolute atomic E-state index is 12.2. The Morgan fingerprint density at radius 3 is 2.73 bits per heavy atom. The molecule has 1 atom stereocenters. The van der Waals surface area contributed by atoms with E-state index in [1.54, 1.807) is 0 Å². The molecule has 0 radical (unpaired) electrons. The maximum atomic E-state index is 12.2. The van der Waals surface area contributed by atoms with Crippen molar-refractivity contribution in [3.63, 3.8) is 0 Å². The normalized spacial score (nSPS) is 15.1. The van der Waals surface area contributed by atoms with Gasteiger partial charge in [-0.2, -0.15) is 0 Å². The van der Waals surface area contributed by atoms with Crippen LogP contribution in [-0.2, 0) is 4.79 Å². The van der Waals surface area contributed by atoms with Gasteiger partial charge in [0.15, 0.2) is 0 Å². The quantitative estimate of drug-likeness (QED) is 0.767. The van der Waals surface area contributed by atoms with Gasteiger partial charge in [0.1, 0.15) is 5.75 Å². The SMILES string of the molecule is CCOc1ccccc1NC(=O)CN(C)C(CN)C1CC1.Cl. The number of nitrogens with zero attached hydrogens (tertiary/aromatic N) is 1. The summed E-state index contributed by atoms with van der Waals surface area (Å²) in [6, 6.07) is 7.79. The Labute approximate surface area is 138 Å². The summed E-state index contributed by atoms with van der Waals surface area (Å²) in [6.45, 7) is 3.44. The molecule has 1 aromatic carbocycles. The van der Waals surface area contributed by atoms with E-state index >= 15 is 0 Å². The highest BCUT2D eigenvalue weighted by Gasteiger charge is 2.33. The molecule has 1 saturated carbocycles. The third-order valence-corrected chi connectivity index (χ3v) is 3.83. The number of anilines is 1. The van der Waals surface area contributed by atoms with Crippen molar-refractivity contribution in [2.75, 3.05) is 32.1 Å². The first-order valence-corrected chi connectivity index (χ1v) is 7.57. The Kier molecular flexibility index (Phi) is 7.65. The van der Waals surface area contributed by atoms with E-state index in [0.717, 1.165) is 0 Å². The lowest BCUT2D eigenvalue weighted by Crippen LogP contribution is -2.43. The lowest BCUT2D eigenvalue weighted by Gasteiger charge is -2.26. The number of likely N-dealkylation sites (N-methyl/N-ethyl adjacent to an activating group) is 1. The smallest absolute Gasteiger partial charge is 0.238 e. The molecule has 3 N–H and O–H groups in total. The fraction of sp³-hybridized carbons (Fsp3) is 0.562. The van der Waals surface area contributed by atoms with Gasteiger partial charge in [0, 0.05) is 12.6 Å². The third kappa shape index (κ3) is 5.16. The molecule has 0 saturated heterocycles. The number of benzene rings is 1. The number of hydrogen-bond donors (Lipinski definition) is 2. The molecule has 1 unspecified atom stereocenters. The summed E-state index contributed by atoms with van der Waals surface area (Å²) >= 11 is 0. The van der Waals surface area contributed by atoms with Crippen LogP contribution in [0.15, 0.2) is 24.3 Å². The molecule has 1 aliphatic rings. The van der Waals surface area contributed by atoms with Crippen LogP contribution >= 0.6 is 12.4 Å². The first kappa shape index (κ1) is 18.7. The van der Waals surface area contributed by atoms with Crippen LogP contribution in [0.1, 0.15) is 19.8 Å². The zero-order chi connectivity index (χ0) is 15.2. The molecule has 0 aromatic heterocycles. The van der Waals surface area contributed by atoms with Gasteiger partial charge in [-0.15, -0.1) is 12.4 Å². The van der Waals surface area contributed by atoms with Crippen molar-refractivity contribution in [3.05, 3.63) is 24.3 Å². The summed E-state index contributed by atoms with van der Waals surface area (Å²) in [5.41, 5.74) is 6.53. The first-order chi connectivity index (χ1) is 10.2. The molecule has 1 aliphatic carbocycles. The van der Waals surface area contributed by atoms with E-state index in [0.29, 0.717) is 43.1 Å². The number of hydrogen-bond acceptors (Lipinski definition) is 4. The predicted molar refractivity (Wildman–Crippen MR) is 91.7 cm³/mol. The Morgan fingerprint density at radius 1 is 1.45 bits per heavy atom. The predicted octanol–water partition coefficient (Wildman–Crippen LogP) is 2.11. The summed E-state index contributed by atoms with van der Waals surface area (Å²) in [4.78, 5) is 14.2. The van der Waals surface area contributed by atoms with E-state index in [2.05, 4.69) is 10.2 Å². The van der Waals surface area contributed by atoms with Crippen LogP contribution < -0.4 is 15.8 Å². The van der Waals surface area contributed by atoms with Crippen LogP contribution in [-0.4, -0.2) is 43.6 Å². The number of rotatable bonds is 8. The molecule has 22 heavy (non-hydrogen) atoms. The molecule has 1 amide bonds. The number of carbonyl (C=O) groups is 1. The van der Waals surface area contributed by atoms with Crippen molar-refractivity contribution in [2.45, 2.75) is 25.8 Å². The molecule has 0 heterocycles. The number of carbonyl (C=O) groups excluding carboxylic acids is 1. The van der Waals surface area contributed by atoms with E-state index in [4.69, 9.17) is 10.5 Å². The zero-order valence-corrected chi connectivity index (χ0v) is 14.1. The number of nitrogens with two attached hydrogens (primary N) is 1. The molecule has 124 valence electrons. The molecular formula is C16H26ClN3O2. The minimum atomic E-state index is -0.0382. The number of ether oxygens (including phenoxy) is 1. The van der Waals surface area contributed by atoms with Crippen LogP contribution in [0.3, 0.4) is 0 Å². The lowest BCUT2D eigenvalue weighted by molar-refractivity contribution is -0.117. The van der Waals surface area contributed by atoms with Crippen molar-refractivity contribution in [1.29, 1.82) is 0 Å². The fourth-order valence-corrected chi connectivity index (χ4v) is 2.60. The molecule has 2 rings (SSSR count). The third-order valence-electron chi connectivity index (χ3n) is 3.83. The molecule has 6 heteroatoms. The Bertz CT molecular complexity index is 480. The van der Waals surface area contributed by atoms with Crippen LogP contribution in [0.5, 0.6) is 5.75 Å². The topological polar surface area (TPSA) is 67.6 Å². The second-order valence-corrected chi connectivity index (χ2v) is 5.53. The summed E-state index contributed by atoms with van der Waals surface area (Å²) in [6.07, 6.45) is 2.45. The monoisotopic (exact) mass is 327 g/mol. The molecule has 0 bridgehead atoms. The summed E-state index contributed by atoms with van der Waals surface area (Å²) in [5, 5.41) is 2.92. The minimum absolute atomic E-state index is 0. The molecular weight excluding hydrogens is 302 g/mol. The van der Waals surface area contributed by atoms with E-state index in [1.807, 2.05) is 38.2 Å². The summed E-state index contributed by atoms with van der Waals surface area (Å²) in [7, 11) is 1.96. The van der Waals surface area contributed by atoms with Crippen molar-refractivity contribution in [3.8, 4) is 5.75 Å². The second kappa shape index (κ2) is 8.98. The Morgan fingerprint density at radius 2 is 2.14 bits per heavy atom. The van der Waals surface area contributed by atoms with E-state index in [-0.39, 0.29) is 18.3 Å². The fourth-order valence-electron chi connectivity index (χ4n) is 2.60. The van der Waals surface area contributed by atoms with E-state index < -0.39 is 0 Å². The van der Waals surface area contributed by atoms with Gasteiger partial charge in [0.25, 0.3) is 0 Å². The highest BCUT2D eigenvalue weighted by molar-refractivity contribution is 5.93. The van der Waals surface area contributed by atoms with Gasteiger partial charge in [-0.25, -0.2) is 0 Å². The van der Waals surface area contributed by atoms with Gasteiger partial charge in [-0.05, 0) is 44.9 Å². The summed E-state index contributed by atoms with van der Waals surface area (Å²) in [5.74, 6) is 1.32. The molecule has 5 nitrogen and oxygen atoms in total. The van der Waals surface area contributed by atoms with Gasteiger partial charge < -0.3 is 15.8 Å². The molecule has 1 fully saturated rings. The van der Waals surface area contributed by atoms with Crippen LogP contribution in [0.4, 0.5) is 5.69 Å². The van der Waals surface area contributed by atoms with Gasteiger partial charge in [0.05, 0.1) is 18.8 Å². The van der Waals surface area contributed by atoms with Crippen LogP contribution in [0.2, 0.25) is 0 Å². The minimum Gasteiger partial charge on any atom is -0.492 e. The standard InChI is InChI=1S/C16H25N3O2.ClH/c1-3-21-15-7-5-4-6-13(15)18-16(20)11-19(2)14(10-17)12-8-9-12;/h4-7,12,14H,3,8-11,17H2,1-2H3,(H,18,20);1H. The lowest BCUT2D eigenvalue weighted by atomic mass is 10.1. The summed E-state index contributed by atoms with van der Waals surface area (Å²) < 4.78 is 5.51. The maximum Gasteiger partial charge on any atom is 0.238 e. The second-order valence-electron chi connectivity index (χ2n) is 5.53. The number of nitrogens with one attached hydrogen (secondary N) is 1. The van der Waals surface area contributed by atoms with Crippen molar-refractivity contribution < 1.29 is 9.53 Å². The highest BCUT2D eigenvalue weighted by Crippen LogP contribution is 2.34. The van der Waals surface area contributed by atoms with E-state index in [9.17, 15) is 4.79 Å². The van der Waals surface area contributed by atoms with Crippen molar-refractivity contribution in [1.82, 2.24) is 4.90 Å². The van der Waals surface area contributed by atoms with Crippen LogP contribution in [0.25, 0.3) is 0 Å². The van der Waals surface area contributed by atoms with Crippen LogP contribution in [0, 0.1) is 5.92 Å². The van der Waals surface area contributed by atoms with Crippen molar-refractivity contribution >= 4 is 24.0 Å². The van der Waals surface area contributed by atoms with Gasteiger partial charge in [-0.3, -0.25) is 9.69 Å². The number of amides is 1. The largest absolute Gasteiger partial charge is 0.492 e. The van der Waals surface area contributed by atoms with Gasteiger partial charge in [-0.1, -0.05) is 12.1 Å². The average Bonchev–Trinajstić information content (AvgIpc) is 3.26. The zero-order valence-electron chi connectivity index (χ0n) is 13.2. The molecule has 1 aromatic rings. The van der Waals surface area contributed by atoms with Gasteiger partial charge in [0.2, 0.25) is 5.91 Å². The average molecular weight is 328 g/mol. The Hall–Kier alpha value is -1.30. The molecule has 0 aliphatic heterocycles. The Balaban J connectivity index is 0.00000242. The highest BCUT2D eigenvalue weighted by atomic mass is 35.5. The van der Waals surface area contributed by atoms with Gasteiger partial charge >= 0.3 is 0 Å². The number of halogens is 1. The van der Waals surface area contributed by atoms with Crippen molar-refractivity contribution in [2.24, 2.45) is 11.7 Å².